The summed E-state index contributed by atoms with van der Waals surface area (Å²) in [4.78, 5) is 62.4. The van der Waals surface area contributed by atoms with E-state index in [-0.39, 0.29) is 11.4 Å². The Hall–Kier alpha value is -3.53. The number of ether oxygens (including phenoxy) is 4. The second-order valence-electron chi connectivity index (χ2n) is 8.08. The summed E-state index contributed by atoms with van der Waals surface area (Å²) < 4.78 is 21.5. The highest BCUT2D eigenvalue weighted by atomic mass is 16.7. The summed E-state index contributed by atoms with van der Waals surface area (Å²) in [5.41, 5.74) is -2.53. The van der Waals surface area contributed by atoms with Gasteiger partial charge in [0.15, 0.2) is 5.60 Å². The molecule has 3 aliphatic rings. The number of anilines is 1. The lowest BCUT2D eigenvalue weighted by atomic mass is 9.72. The zero-order chi connectivity index (χ0) is 23.4. The molecule has 0 unspecified atom stereocenters. The van der Waals surface area contributed by atoms with E-state index in [0.29, 0.717) is 0 Å². The van der Waals surface area contributed by atoms with E-state index in [2.05, 4.69) is 0 Å². The molecule has 0 aromatic heterocycles. The monoisotopic (exact) mass is 443 g/mol. The fourth-order valence-corrected chi connectivity index (χ4v) is 4.65. The molecular formula is C22H21NO9. The topological polar surface area (TPSA) is 126 Å². The third-order valence-electron chi connectivity index (χ3n) is 5.75. The number of rotatable bonds is 5. The van der Waals surface area contributed by atoms with Crippen LogP contribution in [0, 0.1) is 11.8 Å². The van der Waals surface area contributed by atoms with Crippen LogP contribution in [-0.4, -0.2) is 47.2 Å². The Bertz CT molecular complexity index is 1050. The van der Waals surface area contributed by atoms with E-state index in [1.807, 2.05) is 0 Å². The minimum atomic E-state index is -1.64. The SMILES string of the molecule is CC(=O)Oc1ccc(N2C(=O)[C@@H]3[C@H](C2=O)[C@]2(C(OC(C)=O)OC(C)=O)C=C[C@]3(C)O2)cc1. The van der Waals surface area contributed by atoms with Crippen LogP contribution >= 0.6 is 0 Å². The van der Waals surface area contributed by atoms with Gasteiger partial charge in [0.1, 0.15) is 5.75 Å². The van der Waals surface area contributed by atoms with Crippen molar-refractivity contribution in [1.29, 1.82) is 0 Å². The number of esters is 3. The average molecular weight is 443 g/mol. The van der Waals surface area contributed by atoms with Crippen LogP contribution in [-0.2, 0) is 38.2 Å². The van der Waals surface area contributed by atoms with Gasteiger partial charge in [-0.25, -0.2) is 4.90 Å². The Balaban J connectivity index is 1.72. The van der Waals surface area contributed by atoms with Gasteiger partial charge in [-0.05, 0) is 37.3 Å². The van der Waals surface area contributed by atoms with E-state index in [4.69, 9.17) is 18.9 Å². The van der Waals surface area contributed by atoms with Crippen LogP contribution in [0.3, 0.4) is 0 Å². The van der Waals surface area contributed by atoms with Gasteiger partial charge in [-0.15, -0.1) is 0 Å². The molecule has 1 aromatic carbocycles. The van der Waals surface area contributed by atoms with Gasteiger partial charge in [-0.1, -0.05) is 6.08 Å². The van der Waals surface area contributed by atoms with Gasteiger partial charge in [0, 0.05) is 20.8 Å². The average Bonchev–Trinajstić information content (AvgIpc) is 3.27. The second-order valence-corrected chi connectivity index (χ2v) is 8.08. The number of carbonyl (C=O) groups is 5. The number of fused-ring (bicyclic) bond motifs is 5. The normalized spacial score (nSPS) is 30.0. The second kappa shape index (κ2) is 7.27. The van der Waals surface area contributed by atoms with Crippen molar-refractivity contribution in [3.8, 4) is 5.75 Å². The lowest BCUT2D eigenvalue weighted by molar-refractivity contribution is -0.231. The first-order chi connectivity index (χ1) is 15.0. The Kier molecular flexibility index (Phi) is 4.93. The minimum absolute atomic E-state index is 0.263. The van der Waals surface area contributed by atoms with E-state index in [9.17, 15) is 24.0 Å². The summed E-state index contributed by atoms with van der Waals surface area (Å²) >= 11 is 0. The highest BCUT2D eigenvalue weighted by Gasteiger charge is 2.75. The van der Waals surface area contributed by atoms with E-state index in [0.717, 1.165) is 18.7 Å². The quantitative estimate of drug-likeness (QED) is 0.217. The number of nitrogens with zero attached hydrogens (tertiary/aromatic N) is 1. The van der Waals surface area contributed by atoms with Crippen LogP contribution in [0.1, 0.15) is 27.7 Å². The number of hydrogen-bond donors (Lipinski definition) is 0. The van der Waals surface area contributed by atoms with Crippen LogP contribution in [0.5, 0.6) is 5.75 Å². The van der Waals surface area contributed by atoms with E-state index < -0.39 is 59.1 Å². The third kappa shape index (κ3) is 3.18. The number of carbonyl (C=O) groups excluding carboxylic acids is 5. The van der Waals surface area contributed by atoms with Gasteiger partial charge < -0.3 is 18.9 Å². The summed E-state index contributed by atoms with van der Waals surface area (Å²) in [5, 5.41) is 0. The van der Waals surface area contributed by atoms with E-state index in [1.165, 1.54) is 37.3 Å². The van der Waals surface area contributed by atoms with Crippen LogP contribution < -0.4 is 9.64 Å². The van der Waals surface area contributed by atoms with Gasteiger partial charge in [0.25, 0.3) is 6.29 Å². The zero-order valence-corrected chi connectivity index (χ0v) is 17.8. The van der Waals surface area contributed by atoms with Crippen LogP contribution in [0.4, 0.5) is 5.69 Å². The molecule has 4 rings (SSSR count). The maximum Gasteiger partial charge on any atom is 0.308 e. The number of benzene rings is 1. The van der Waals surface area contributed by atoms with Crippen molar-refractivity contribution in [2.75, 3.05) is 4.90 Å². The van der Waals surface area contributed by atoms with Gasteiger partial charge >= 0.3 is 17.9 Å². The standard InChI is InChI=1S/C22H21NO9/c1-11(24)29-15-7-5-14(6-8-15)23-18(27)16-17(19(23)28)22(10-9-21(16,4)32-22)20(30-12(2)25)31-13(3)26/h5-10,16-17,20H,1-4H3/t16-,17+,21-,22-/m0/s1. The highest BCUT2D eigenvalue weighted by Crippen LogP contribution is 2.59. The van der Waals surface area contributed by atoms with Crippen LogP contribution in [0.15, 0.2) is 36.4 Å². The summed E-state index contributed by atoms with van der Waals surface area (Å²) in [6.07, 6.45) is 1.59. The first-order valence-corrected chi connectivity index (χ1v) is 9.90. The summed E-state index contributed by atoms with van der Waals surface area (Å²) in [6.45, 7) is 5.17. The summed E-state index contributed by atoms with van der Waals surface area (Å²) in [6, 6.07) is 5.89. The van der Waals surface area contributed by atoms with Gasteiger partial charge in [-0.2, -0.15) is 0 Å². The lowest BCUT2D eigenvalue weighted by Crippen LogP contribution is -2.52. The van der Waals surface area contributed by atoms with Crippen molar-refractivity contribution in [1.82, 2.24) is 0 Å². The van der Waals surface area contributed by atoms with Crippen molar-refractivity contribution in [2.24, 2.45) is 11.8 Å². The Morgan fingerprint density at radius 3 is 2.00 bits per heavy atom. The molecule has 0 spiro atoms. The molecule has 2 saturated heterocycles. The van der Waals surface area contributed by atoms with Crippen molar-refractivity contribution in [3.05, 3.63) is 36.4 Å². The molecule has 2 fully saturated rings. The predicted octanol–water partition coefficient (Wildman–Crippen LogP) is 1.27. The van der Waals surface area contributed by atoms with Crippen LogP contribution in [0.2, 0.25) is 0 Å². The van der Waals surface area contributed by atoms with E-state index in [1.54, 1.807) is 13.0 Å². The fraction of sp³-hybridized carbons (Fsp3) is 0.409. The molecule has 4 atom stereocenters. The summed E-state index contributed by atoms with van der Waals surface area (Å²) in [7, 11) is 0. The molecule has 32 heavy (non-hydrogen) atoms. The molecular weight excluding hydrogens is 422 g/mol. The summed E-state index contributed by atoms with van der Waals surface area (Å²) in [5.74, 6) is -4.81. The molecule has 3 aliphatic heterocycles. The number of amides is 2. The maximum absolute atomic E-state index is 13.5. The molecule has 10 heteroatoms. The Labute approximate surface area is 183 Å². The third-order valence-corrected chi connectivity index (χ3v) is 5.75. The molecule has 1 aromatic rings. The lowest BCUT2D eigenvalue weighted by Gasteiger charge is -2.34. The highest BCUT2D eigenvalue weighted by molar-refractivity contribution is 6.23. The largest absolute Gasteiger partial charge is 0.427 e. The maximum atomic E-state index is 13.5. The first-order valence-electron chi connectivity index (χ1n) is 9.90. The molecule has 10 nitrogen and oxygen atoms in total. The van der Waals surface area contributed by atoms with Crippen molar-refractivity contribution < 1.29 is 42.9 Å². The van der Waals surface area contributed by atoms with Crippen molar-refractivity contribution >= 4 is 35.4 Å². The first kappa shape index (κ1) is 21.7. The zero-order valence-electron chi connectivity index (χ0n) is 17.8. The van der Waals surface area contributed by atoms with Gasteiger partial charge in [-0.3, -0.25) is 24.0 Å². The molecule has 0 saturated carbocycles. The number of imide groups is 1. The molecule has 0 aliphatic carbocycles. The smallest absolute Gasteiger partial charge is 0.308 e. The number of hydrogen-bond acceptors (Lipinski definition) is 9. The molecule has 0 N–H and O–H groups in total. The Morgan fingerprint density at radius 2 is 1.47 bits per heavy atom. The van der Waals surface area contributed by atoms with E-state index >= 15 is 0 Å². The van der Waals surface area contributed by atoms with Crippen molar-refractivity contribution in [2.45, 2.75) is 45.2 Å². The van der Waals surface area contributed by atoms with Crippen molar-refractivity contribution in [3.63, 3.8) is 0 Å². The predicted molar refractivity (Wildman–Crippen MR) is 106 cm³/mol. The molecule has 2 bridgehead atoms. The van der Waals surface area contributed by atoms with Gasteiger partial charge in [0.2, 0.25) is 11.8 Å². The Morgan fingerprint density at radius 1 is 0.906 bits per heavy atom. The van der Waals surface area contributed by atoms with Crippen LogP contribution in [0.25, 0.3) is 0 Å². The molecule has 0 radical (unpaired) electrons. The molecule has 168 valence electrons. The minimum Gasteiger partial charge on any atom is -0.427 e. The molecule has 3 heterocycles. The fourth-order valence-electron chi connectivity index (χ4n) is 4.65. The molecule has 2 amide bonds. The van der Waals surface area contributed by atoms with Gasteiger partial charge in [0.05, 0.1) is 23.1 Å².